The maximum Gasteiger partial charge on any atom is 0.408 e. The van der Waals surface area contributed by atoms with Crippen molar-refractivity contribution in [3.63, 3.8) is 0 Å². The Morgan fingerprint density at radius 1 is 1.08 bits per heavy atom. The first-order valence-electron chi connectivity index (χ1n) is 16.2. The van der Waals surface area contributed by atoms with Gasteiger partial charge in [-0.15, -0.1) is 6.58 Å². The molecule has 4 rings (SSSR count). The Bertz CT molecular complexity index is 1600. The SMILES string of the molecule is C=C[C@H]1CC1(NC(=O)[C@@H]1C[C@@H](Oc2cc(C(C)(C)C)nc3cc(OC)ccc23)CN1C(=O)[C@@H](NC(=O)OC(C)(C)C)C(C)(C)C)C(=O)O. The molecule has 1 aliphatic heterocycles. The van der Waals surface area contributed by atoms with E-state index >= 15 is 0 Å². The minimum atomic E-state index is -1.49. The number of carbonyl (C=O) groups excluding carboxylic acids is 3. The molecule has 1 saturated carbocycles. The number of nitrogens with zero attached hydrogens (tertiary/aromatic N) is 2. The van der Waals surface area contributed by atoms with Crippen LogP contribution in [-0.2, 0) is 24.5 Å². The molecule has 48 heavy (non-hydrogen) atoms. The Labute approximate surface area is 282 Å². The van der Waals surface area contributed by atoms with Gasteiger partial charge in [-0.25, -0.2) is 9.59 Å². The van der Waals surface area contributed by atoms with Crippen LogP contribution in [0.1, 0.15) is 80.8 Å². The van der Waals surface area contributed by atoms with Gasteiger partial charge in [0.25, 0.3) is 0 Å². The number of pyridine rings is 1. The Kier molecular flexibility index (Phi) is 9.83. The maximum atomic E-state index is 14.4. The van der Waals surface area contributed by atoms with Crippen molar-refractivity contribution in [3.05, 3.63) is 42.6 Å². The Morgan fingerprint density at radius 2 is 1.75 bits per heavy atom. The van der Waals surface area contributed by atoms with Gasteiger partial charge in [0, 0.05) is 35.3 Å². The van der Waals surface area contributed by atoms with Gasteiger partial charge in [0.05, 0.1) is 24.9 Å². The first kappa shape index (κ1) is 36.5. The number of alkyl carbamates (subject to hydrolysis) is 1. The monoisotopic (exact) mass is 666 g/mol. The van der Waals surface area contributed by atoms with Crippen molar-refractivity contribution in [2.24, 2.45) is 11.3 Å². The molecule has 12 heteroatoms. The lowest BCUT2D eigenvalue weighted by atomic mass is 9.85. The average Bonchev–Trinajstić information content (AvgIpc) is 3.52. The summed E-state index contributed by atoms with van der Waals surface area (Å²) in [5.41, 5.74) is -1.94. The first-order chi connectivity index (χ1) is 22.1. The summed E-state index contributed by atoms with van der Waals surface area (Å²) in [6, 6.07) is 5.20. The van der Waals surface area contributed by atoms with E-state index in [9.17, 15) is 24.3 Å². The van der Waals surface area contributed by atoms with Gasteiger partial charge >= 0.3 is 12.1 Å². The third-order valence-electron chi connectivity index (χ3n) is 8.69. The van der Waals surface area contributed by atoms with Gasteiger partial charge in [-0.2, -0.15) is 0 Å². The zero-order chi connectivity index (χ0) is 36.0. The molecule has 2 heterocycles. The third kappa shape index (κ3) is 7.85. The number of nitrogens with one attached hydrogen (secondary N) is 2. The highest BCUT2D eigenvalue weighted by Gasteiger charge is 2.61. The second kappa shape index (κ2) is 12.9. The summed E-state index contributed by atoms with van der Waals surface area (Å²) in [5.74, 6) is -1.58. The minimum Gasteiger partial charge on any atom is -0.497 e. The van der Waals surface area contributed by atoms with Crippen molar-refractivity contribution in [2.45, 2.75) is 110 Å². The van der Waals surface area contributed by atoms with Crippen LogP contribution in [0.2, 0.25) is 0 Å². The minimum absolute atomic E-state index is 0.00921. The Balaban J connectivity index is 1.72. The van der Waals surface area contributed by atoms with Crippen LogP contribution in [0.25, 0.3) is 10.9 Å². The van der Waals surface area contributed by atoms with Gasteiger partial charge < -0.3 is 34.9 Å². The number of aliphatic carboxylic acids is 1. The third-order valence-corrected chi connectivity index (χ3v) is 8.69. The number of benzene rings is 1. The van der Waals surface area contributed by atoms with Gasteiger partial charge in [0.1, 0.15) is 40.8 Å². The Hall–Kier alpha value is -4.35. The number of carboxylic acids is 1. The van der Waals surface area contributed by atoms with Crippen LogP contribution < -0.4 is 20.1 Å². The smallest absolute Gasteiger partial charge is 0.408 e. The molecule has 3 amide bonds. The lowest BCUT2D eigenvalue weighted by molar-refractivity contribution is -0.146. The molecule has 1 unspecified atom stereocenters. The van der Waals surface area contributed by atoms with Crippen LogP contribution in [0.4, 0.5) is 4.79 Å². The van der Waals surface area contributed by atoms with Crippen LogP contribution in [0, 0.1) is 11.3 Å². The summed E-state index contributed by atoms with van der Waals surface area (Å²) in [6.07, 6.45) is 0.371. The number of carbonyl (C=O) groups is 4. The zero-order valence-corrected chi connectivity index (χ0v) is 29.7. The van der Waals surface area contributed by atoms with E-state index in [1.165, 1.54) is 11.0 Å². The second-order valence-electron chi connectivity index (χ2n) is 15.9. The molecule has 12 nitrogen and oxygen atoms in total. The van der Waals surface area contributed by atoms with E-state index in [2.05, 4.69) is 17.2 Å². The summed E-state index contributed by atoms with van der Waals surface area (Å²) in [7, 11) is 1.58. The highest BCUT2D eigenvalue weighted by atomic mass is 16.6. The number of aromatic nitrogens is 1. The number of rotatable bonds is 9. The lowest BCUT2D eigenvalue weighted by Gasteiger charge is -2.35. The fourth-order valence-electron chi connectivity index (χ4n) is 5.90. The molecule has 3 N–H and O–H groups in total. The van der Waals surface area contributed by atoms with Crippen molar-refractivity contribution in [1.29, 1.82) is 0 Å². The van der Waals surface area contributed by atoms with Crippen molar-refractivity contribution in [2.75, 3.05) is 13.7 Å². The molecule has 1 aromatic heterocycles. The van der Waals surface area contributed by atoms with Gasteiger partial charge in [-0.1, -0.05) is 47.6 Å². The number of ether oxygens (including phenoxy) is 3. The fraction of sp³-hybridized carbons (Fsp3) is 0.583. The number of methoxy groups -OCH3 is 1. The molecule has 1 aromatic carbocycles. The highest BCUT2D eigenvalue weighted by Crippen LogP contribution is 2.45. The quantitative estimate of drug-likeness (QED) is 0.314. The van der Waals surface area contributed by atoms with E-state index in [4.69, 9.17) is 19.2 Å². The van der Waals surface area contributed by atoms with Gasteiger partial charge in [0.2, 0.25) is 11.8 Å². The summed E-state index contributed by atoms with van der Waals surface area (Å²) < 4.78 is 17.5. The average molecular weight is 667 g/mol. The zero-order valence-electron chi connectivity index (χ0n) is 29.7. The molecule has 262 valence electrons. The number of likely N-dealkylation sites (tertiary alicyclic amines) is 1. The molecule has 5 atom stereocenters. The molecule has 2 aliphatic rings. The number of amides is 3. The van der Waals surface area contributed by atoms with Crippen LogP contribution in [0.15, 0.2) is 36.9 Å². The molecular formula is C36H50N4O8. The fourth-order valence-corrected chi connectivity index (χ4v) is 5.90. The van der Waals surface area contributed by atoms with Crippen molar-refractivity contribution >= 4 is 34.8 Å². The number of carboxylic acid groups (broad SMARTS) is 1. The molecular weight excluding hydrogens is 616 g/mol. The molecule has 0 radical (unpaired) electrons. The van der Waals surface area contributed by atoms with Crippen LogP contribution in [0.5, 0.6) is 11.5 Å². The van der Waals surface area contributed by atoms with E-state index < -0.39 is 64.5 Å². The van der Waals surface area contributed by atoms with Crippen LogP contribution in [-0.4, -0.2) is 81.8 Å². The summed E-state index contributed by atoms with van der Waals surface area (Å²) in [6.45, 7) is 20.4. The van der Waals surface area contributed by atoms with Crippen LogP contribution >= 0.6 is 0 Å². The summed E-state index contributed by atoms with van der Waals surface area (Å²) >= 11 is 0. The second-order valence-corrected chi connectivity index (χ2v) is 15.9. The predicted molar refractivity (Wildman–Crippen MR) is 181 cm³/mol. The number of hydrogen-bond donors (Lipinski definition) is 3. The molecule has 2 aromatic rings. The van der Waals surface area contributed by atoms with E-state index in [0.29, 0.717) is 17.0 Å². The van der Waals surface area contributed by atoms with Gasteiger partial charge in [0.15, 0.2) is 0 Å². The predicted octanol–water partition coefficient (Wildman–Crippen LogP) is 4.97. The first-order valence-corrected chi connectivity index (χ1v) is 16.2. The maximum absolute atomic E-state index is 14.4. The summed E-state index contributed by atoms with van der Waals surface area (Å²) in [5, 5.41) is 16.1. The standard InChI is InChI=1S/C36H50N4O8/c1-12-20-18-36(20,31(43)44)39-29(41)25-16-22(19-40(25)30(42)28(34(5,6)7)38-32(45)48-35(8,9)10)47-26-17-27(33(2,3)4)37-24-15-21(46-11)13-14-23(24)26/h12-15,17,20,22,25,28H,1,16,18-19H2,2-11H3,(H,38,45)(H,39,41)(H,43,44)/t20-,22+,25-,28+,36?/m0/s1. The molecule has 0 bridgehead atoms. The normalized spacial score (nSPS) is 23.2. The number of fused-ring (bicyclic) bond motifs is 1. The summed E-state index contributed by atoms with van der Waals surface area (Å²) in [4.78, 5) is 59.7. The van der Waals surface area contributed by atoms with Crippen LogP contribution in [0.3, 0.4) is 0 Å². The van der Waals surface area contributed by atoms with Crippen molar-refractivity contribution in [1.82, 2.24) is 20.5 Å². The van der Waals surface area contributed by atoms with E-state index in [1.54, 1.807) is 48.7 Å². The number of hydrogen-bond acceptors (Lipinski definition) is 8. The van der Waals surface area contributed by atoms with E-state index in [1.807, 2.05) is 45.0 Å². The topological polar surface area (TPSA) is 156 Å². The Morgan fingerprint density at radius 3 is 2.27 bits per heavy atom. The van der Waals surface area contributed by atoms with Crippen molar-refractivity contribution < 1.29 is 38.5 Å². The van der Waals surface area contributed by atoms with Gasteiger partial charge in [-0.05, 0) is 44.7 Å². The van der Waals surface area contributed by atoms with Gasteiger partial charge in [-0.3, -0.25) is 14.6 Å². The van der Waals surface area contributed by atoms with E-state index in [0.717, 1.165) is 11.1 Å². The highest BCUT2D eigenvalue weighted by molar-refractivity contribution is 5.96. The lowest BCUT2D eigenvalue weighted by Crippen LogP contribution is -2.59. The largest absolute Gasteiger partial charge is 0.497 e. The molecule has 2 fully saturated rings. The molecule has 1 aliphatic carbocycles. The molecule has 0 spiro atoms. The van der Waals surface area contributed by atoms with E-state index in [-0.39, 0.29) is 24.8 Å². The molecule has 1 saturated heterocycles. The van der Waals surface area contributed by atoms with Crippen molar-refractivity contribution in [3.8, 4) is 11.5 Å².